The number of halogens is 1. The van der Waals surface area contributed by atoms with Gasteiger partial charge < -0.3 is 14.6 Å². The van der Waals surface area contributed by atoms with Gasteiger partial charge in [-0.2, -0.15) is 9.97 Å². The van der Waals surface area contributed by atoms with Crippen LogP contribution in [0, 0.1) is 10.8 Å². The average Bonchev–Trinajstić information content (AvgIpc) is 2.61. The molecular weight excluding hydrogens is 388 g/mol. The van der Waals surface area contributed by atoms with Gasteiger partial charge in [0, 0.05) is 10.3 Å². The molecule has 6 nitrogen and oxygen atoms in total. The Labute approximate surface area is 169 Å². The molecule has 0 bridgehead atoms. The first kappa shape index (κ1) is 21.8. The van der Waals surface area contributed by atoms with Crippen LogP contribution < -0.4 is 9.47 Å². The van der Waals surface area contributed by atoms with Gasteiger partial charge in [-0.15, -0.1) is 0 Å². The fourth-order valence-corrected chi connectivity index (χ4v) is 5.54. The SMILES string of the molecule is CCCCC1(C(=O)O)C=C(Cl)CC(C)(C)C1Sc1nc(OC)cc(OC)n1. The molecule has 0 fully saturated rings. The fourth-order valence-electron chi connectivity index (χ4n) is 3.60. The van der Waals surface area contributed by atoms with E-state index in [0.29, 0.717) is 34.8 Å². The quantitative estimate of drug-likeness (QED) is 0.613. The van der Waals surface area contributed by atoms with E-state index in [1.807, 2.05) is 20.8 Å². The zero-order valence-electron chi connectivity index (χ0n) is 16.4. The van der Waals surface area contributed by atoms with Gasteiger partial charge in [-0.05, 0) is 18.3 Å². The number of rotatable bonds is 8. The molecule has 150 valence electrons. The van der Waals surface area contributed by atoms with E-state index in [9.17, 15) is 9.90 Å². The summed E-state index contributed by atoms with van der Waals surface area (Å²) in [6.45, 7) is 6.13. The molecule has 0 saturated heterocycles. The van der Waals surface area contributed by atoms with E-state index in [2.05, 4.69) is 9.97 Å². The number of carboxylic acids is 1. The van der Waals surface area contributed by atoms with Gasteiger partial charge in [-0.25, -0.2) is 0 Å². The predicted molar refractivity (Wildman–Crippen MR) is 107 cm³/mol. The Balaban J connectivity index is 2.53. The van der Waals surface area contributed by atoms with Crippen molar-refractivity contribution in [2.24, 2.45) is 10.8 Å². The molecule has 0 aromatic carbocycles. The standard InChI is InChI=1S/C19H27ClN2O4S/c1-6-7-8-19(16(23)24)11-12(20)10-18(2,3)15(19)27-17-21-13(25-4)9-14(22-17)26-5/h9,11,15H,6-8,10H2,1-5H3,(H,23,24). The van der Waals surface area contributed by atoms with Gasteiger partial charge in [0.1, 0.15) is 0 Å². The summed E-state index contributed by atoms with van der Waals surface area (Å²) in [7, 11) is 3.04. The van der Waals surface area contributed by atoms with Crippen LogP contribution in [0.4, 0.5) is 0 Å². The number of carbonyl (C=O) groups is 1. The van der Waals surface area contributed by atoms with Crippen LogP contribution in [-0.2, 0) is 4.79 Å². The zero-order valence-corrected chi connectivity index (χ0v) is 18.0. The first-order valence-electron chi connectivity index (χ1n) is 8.93. The first-order valence-corrected chi connectivity index (χ1v) is 10.2. The number of aromatic nitrogens is 2. The number of methoxy groups -OCH3 is 2. The molecule has 1 aliphatic carbocycles. The van der Waals surface area contributed by atoms with Gasteiger partial charge in [0.05, 0.1) is 25.7 Å². The highest BCUT2D eigenvalue weighted by molar-refractivity contribution is 7.99. The topological polar surface area (TPSA) is 81.5 Å². The Kier molecular flexibility index (Phi) is 7.03. The Morgan fingerprint density at radius 3 is 2.41 bits per heavy atom. The second-order valence-electron chi connectivity index (χ2n) is 7.44. The number of nitrogens with zero attached hydrogens (tertiary/aromatic N) is 2. The normalized spacial score (nSPS) is 24.2. The third kappa shape index (κ3) is 4.69. The Morgan fingerprint density at radius 1 is 1.33 bits per heavy atom. The molecule has 8 heteroatoms. The van der Waals surface area contributed by atoms with Crippen LogP contribution >= 0.6 is 23.4 Å². The number of thioether (sulfide) groups is 1. The van der Waals surface area contributed by atoms with Crippen molar-refractivity contribution in [2.75, 3.05) is 14.2 Å². The molecule has 0 amide bonds. The van der Waals surface area contributed by atoms with Crippen LogP contribution in [0.3, 0.4) is 0 Å². The van der Waals surface area contributed by atoms with Crippen molar-refractivity contribution in [2.45, 2.75) is 56.9 Å². The largest absolute Gasteiger partial charge is 0.481 e. The van der Waals surface area contributed by atoms with E-state index < -0.39 is 11.4 Å². The molecule has 2 atom stereocenters. The molecule has 1 aromatic rings. The number of aliphatic carboxylic acids is 1. The van der Waals surface area contributed by atoms with Gasteiger partial charge in [0.25, 0.3) is 0 Å². The highest BCUT2D eigenvalue weighted by Gasteiger charge is 2.54. The van der Waals surface area contributed by atoms with Crippen molar-refractivity contribution in [3.8, 4) is 11.8 Å². The monoisotopic (exact) mass is 414 g/mol. The lowest BCUT2D eigenvalue weighted by molar-refractivity contribution is -0.148. The van der Waals surface area contributed by atoms with Crippen LogP contribution in [0.15, 0.2) is 22.3 Å². The molecule has 0 radical (unpaired) electrons. The molecule has 0 aliphatic heterocycles. The maximum atomic E-state index is 12.5. The van der Waals surface area contributed by atoms with E-state index in [0.717, 1.165) is 12.8 Å². The second-order valence-corrected chi connectivity index (χ2v) is 9.00. The average molecular weight is 415 g/mol. The zero-order chi connectivity index (χ0) is 20.2. The van der Waals surface area contributed by atoms with E-state index in [1.165, 1.54) is 26.0 Å². The summed E-state index contributed by atoms with van der Waals surface area (Å²) in [6, 6.07) is 1.59. The summed E-state index contributed by atoms with van der Waals surface area (Å²) < 4.78 is 10.5. The van der Waals surface area contributed by atoms with Crippen molar-refractivity contribution in [3.05, 3.63) is 17.2 Å². The van der Waals surface area contributed by atoms with Crippen LogP contribution in [-0.4, -0.2) is 40.5 Å². The van der Waals surface area contributed by atoms with Gasteiger partial charge in [-0.3, -0.25) is 4.79 Å². The van der Waals surface area contributed by atoms with Gasteiger partial charge in [0.2, 0.25) is 11.8 Å². The molecule has 0 saturated carbocycles. The summed E-state index contributed by atoms with van der Waals surface area (Å²) in [4.78, 5) is 21.2. The molecule has 1 aliphatic rings. The Hall–Kier alpha value is -1.47. The molecule has 2 unspecified atom stereocenters. The van der Waals surface area contributed by atoms with Crippen molar-refractivity contribution < 1.29 is 19.4 Å². The third-order valence-corrected chi connectivity index (χ3v) is 6.79. The lowest BCUT2D eigenvalue weighted by Gasteiger charge is -2.47. The summed E-state index contributed by atoms with van der Waals surface area (Å²) in [6.07, 6.45) is 4.54. The first-order chi connectivity index (χ1) is 12.7. The molecule has 1 N–H and O–H groups in total. The molecule has 2 rings (SSSR count). The number of allylic oxidation sites excluding steroid dienone is 1. The Morgan fingerprint density at radius 2 is 1.93 bits per heavy atom. The van der Waals surface area contributed by atoms with Crippen LogP contribution in [0.5, 0.6) is 11.8 Å². The second kappa shape index (κ2) is 8.69. The number of ether oxygens (including phenoxy) is 2. The number of hydrogen-bond acceptors (Lipinski definition) is 6. The summed E-state index contributed by atoms with van der Waals surface area (Å²) in [5, 5.41) is 10.9. The van der Waals surface area contributed by atoms with Gasteiger partial charge in [0.15, 0.2) is 5.16 Å². The van der Waals surface area contributed by atoms with Crippen LogP contribution in [0.2, 0.25) is 0 Å². The molecule has 0 spiro atoms. The smallest absolute Gasteiger partial charge is 0.314 e. The minimum absolute atomic E-state index is 0.298. The fraction of sp³-hybridized carbons (Fsp3) is 0.632. The molecule has 1 heterocycles. The van der Waals surface area contributed by atoms with E-state index >= 15 is 0 Å². The van der Waals surface area contributed by atoms with Crippen LogP contribution in [0.1, 0.15) is 46.5 Å². The van der Waals surface area contributed by atoms with Crippen molar-refractivity contribution in [3.63, 3.8) is 0 Å². The van der Waals surface area contributed by atoms with Crippen molar-refractivity contribution in [1.82, 2.24) is 9.97 Å². The molecular formula is C19H27ClN2O4S. The summed E-state index contributed by atoms with van der Waals surface area (Å²) in [5.41, 5.74) is -1.44. The highest BCUT2D eigenvalue weighted by Crippen LogP contribution is 2.55. The van der Waals surface area contributed by atoms with Crippen molar-refractivity contribution in [1.29, 1.82) is 0 Å². The number of hydrogen-bond donors (Lipinski definition) is 1. The predicted octanol–water partition coefficient (Wildman–Crippen LogP) is 4.77. The van der Waals surface area contributed by atoms with E-state index in [1.54, 1.807) is 12.1 Å². The highest BCUT2D eigenvalue weighted by atomic mass is 35.5. The minimum atomic E-state index is -1.08. The third-order valence-electron chi connectivity index (χ3n) is 4.86. The van der Waals surface area contributed by atoms with E-state index in [-0.39, 0.29) is 10.7 Å². The lowest BCUT2D eigenvalue weighted by Crippen LogP contribution is -2.49. The Bertz CT molecular complexity index is 703. The number of carboxylic acid groups (broad SMARTS) is 1. The summed E-state index contributed by atoms with van der Waals surface area (Å²) >= 11 is 7.74. The molecule has 27 heavy (non-hydrogen) atoms. The number of unbranched alkanes of at least 4 members (excludes halogenated alkanes) is 1. The minimum Gasteiger partial charge on any atom is -0.481 e. The van der Waals surface area contributed by atoms with Crippen molar-refractivity contribution >= 4 is 29.3 Å². The maximum absolute atomic E-state index is 12.5. The molecule has 1 aromatic heterocycles. The lowest BCUT2D eigenvalue weighted by atomic mass is 9.64. The maximum Gasteiger partial charge on any atom is 0.314 e. The van der Waals surface area contributed by atoms with Gasteiger partial charge in [-0.1, -0.05) is 63.1 Å². The van der Waals surface area contributed by atoms with E-state index in [4.69, 9.17) is 21.1 Å². The van der Waals surface area contributed by atoms with Gasteiger partial charge >= 0.3 is 5.97 Å². The summed E-state index contributed by atoms with van der Waals surface area (Å²) in [5.74, 6) is -0.115. The van der Waals surface area contributed by atoms with Crippen LogP contribution in [0.25, 0.3) is 0 Å².